The number of carbonyl (C=O) groups excluding carboxylic acids is 1. The maximum Gasteiger partial charge on any atom is 0.283 e. The molecule has 1 heterocycles. The van der Waals surface area contributed by atoms with Crippen LogP contribution in [-0.4, -0.2) is 23.5 Å². The smallest absolute Gasteiger partial charge is 0.283 e. The molecule has 0 bridgehead atoms. The van der Waals surface area contributed by atoms with Crippen molar-refractivity contribution in [2.24, 2.45) is 10.7 Å². The first-order chi connectivity index (χ1) is 16.4. The maximum absolute atomic E-state index is 15.0. The number of nitrogens with two attached hydrogens (primary N) is 1. The third-order valence-corrected chi connectivity index (χ3v) is 6.86. The molecule has 1 fully saturated rings. The predicted molar refractivity (Wildman–Crippen MR) is 136 cm³/mol. The summed E-state index contributed by atoms with van der Waals surface area (Å²) in [4.78, 5) is 17.2. The Morgan fingerprint density at radius 1 is 1.26 bits per heavy atom. The number of aliphatic imine (C=N–C) groups is 1. The Morgan fingerprint density at radius 2 is 1.94 bits per heavy atom. The summed E-state index contributed by atoms with van der Waals surface area (Å²) in [6, 6.07) is 4.04. The van der Waals surface area contributed by atoms with Gasteiger partial charge in [-0.3, -0.25) is 4.79 Å². The highest BCUT2D eigenvalue weighted by atomic mass is 79.9. The number of ether oxygens (including phenoxy) is 1. The average molecular weight is 552 g/mol. The van der Waals surface area contributed by atoms with Gasteiger partial charge < -0.3 is 15.8 Å². The normalized spacial score (nSPS) is 24.1. The lowest BCUT2D eigenvalue weighted by Crippen LogP contribution is -2.51. The molecule has 0 radical (unpaired) electrons. The van der Waals surface area contributed by atoms with Crippen molar-refractivity contribution in [3.05, 3.63) is 76.6 Å². The summed E-state index contributed by atoms with van der Waals surface area (Å²) >= 11 is 3.31. The molecule has 1 aliphatic carbocycles. The molecular weight excluding hydrogens is 523 g/mol. The van der Waals surface area contributed by atoms with Crippen LogP contribution >= 0.6 is 15.9 Å². The van der Waals surface area contributed by atoms with Gasteiger partial charge in [-0.1, -0.05) is 40.7 Å². The molecule has 0 aromatic heterocycles. The highest BCUT2D eigenvalue weighted by Gasteiger charge is 2.51. The monoisotopic (exact) mass is 551 g/mol. The van der Waals surface area contributed by atoms with Crippen LogP contribution in [0.2, 0.25) is 0 Å². The number of nitrogens with zero attached hydrogens (tertiary/aromatic N) is 1. The Balaban J connectivity index is 1.90. The number of hydrogen-bond donors (Lipinski definition) is 2. The summed E-state index contributed by atoms with van der Waals surface area (Å²) in [5.74, 6) is -3.69. The van der Waals surface area contributed by atoms with Crippen LogP contribution in [0, 0.1) is 5.82 Å². The third-order valence-electron chi connectivity index (χ3n) is 6.27. The Bertz CT molecular complexity index is 1120. The first kappa shape index (κ1) is 26.8. The predicted octanol–water partition coefficient (Wildman–Crippen LogP) is 6.63. The molecule has 3 rings (SSSR count). The van der Waals surface area contributed by atoms with E-state index in [-0.39, 0.29) is 43.7 Å². The number of alkyl halides is 2. The Kier molecular flexibility index (Phi) is 7.99. The summed E-state index contributed by atoms with van der Waals surface area (Å²) in [5, 5.41) is 2.78. The Hall–Kier alpha value is -2.81. The molecule has 1 spiro atoms. The number of anilines is 1. The van der Waals surface area contributed by atoms with Gasteiger partial charge in [0.05, 0.1) is 5.54 Å². The van der Waals surface area contributed by atoms with E-state index >= 15 is 4.39 Å². The largest absolute Gasteiger partial charge is 0.459 e. The molecule has 1 amide bonds. The number of amidine groups is 1. The quantitative estimate of drug-likeness (QED) is 0.307. The van der Waals surface area contributed by atoms with Crippen molar-refractivity contribution >= 4 is 33.5 Å². The molecule has 1 aromatic rings. The standard InChI is InChI=1S/C26H29BrF3N3O2/c1-4-6-17(7-8-18(27)5-2)22(34)32-19-9-10-21(28)20(15-19)24(3)16-25(35-23(31)33-24)11-13-26(29,30)14-12-25/h4-10,15H,2,11-14,16H2,1,3H3,(H2,31,33)(H,32,34). The van der Waals surface area contributed by atoms with E-state index < -0.39 is 28.8 Å². The van der Waals surface area contributed by atoms with Crippen LogP contribution in [0.15, 0.2) is 70.2 Å². The Morgan fingerprint density at radius 3 is 2.57 bits per heavy atom. The number of benzene rings is 1. The van der Waals surface area contributed by atoms with Crippen LogP contribution in [0.5, 0.6) is 0 Å². The summed E-state index contributed by atoms with van der Waals surface area (Å²) in [5.41, 5.74) is 4.78. The lowest BCUT2D eigenvalue weighted by Gasteiger charge is -2.47. The third kappa shape index (κ3) is 6.45. The van der Waals surface area contributed by atoms with E-state index in [9.17, 15) is 13.6 Å². The lowest BCUT2D eigenvalue weighted by molar-refractivity contribution is -0.112. The minimum atomic E-state index is -2.75. The van der Waals surface area contributed by atoms with Gasteiger partial charge in [0.1, 0.15) is 11.4 Å². The molecule has 35 heavy (non-hydrogen) atoms. The van der Waals surface area contributed by atoms with Gasteiger partial charge in [-0.25, -0.2) is 18.2 Å². The SMILES string of the molecule is C=CC(Br)=CC=C(C=CC)C(=O)Nc1ccc(F)c(C2(C)CC3(CCC(F)(F)CC3)OC(N)=N2)c1. The van der Waals surface area contributed by atoms with Crippen molar-refractivity contribution < 1.29 is 22.7 Å². The molecule has 5 nitrogen and oxygen atoms in total. The van der Waals surface area contributed by atoms with E-state index in [0.29, 0.717) is 15.7 Å². The number of allylic oxidation sites excluding steroid dienone is 5. The van der Waals surface area contributed by atoms with E-state index in [2.05, 4.69) is 32.8 Å². The summed E-state index contributed by atoms with van der Waals surface area (Å²) in [6.07, 6.45) is 7.99. The number of hydrogen-bond acceptors (Lipinski definition) is 4. The highest BCUT2D eigenvalue weighted by molar-refractivity contribution is 9.11. The van der Waals surface area contributed by atoms with Crippen LogP contribution < -0.4 is 11.1 Å². The fourth-order valence-corrected chi connectivity index (χ4v) is 4.67. The molecule has 1 atom stereocenters. The van der Waals surface area contributed by atoms with Crippen LogP contribution in [0.1, 0.15) is 51.5 Å². The zero-order chi connectivity index (χ0) is 25.9. The van der Waals surface area contributed by atoms with E-state index in [4.69, 9.17) is 10.5 Å². The van der Waals surface area contributed by atoms with E-state index in [0.717, 1.165) is 0 Å². The zero-order valence-corrected chi connectivity index (χ0v) is 21.3. The average Bonchev–Trinajstić information content (AvgIpc) is 2.79. The number of rotatable bonds is 6. The van der Waals surface area contributed by atoms with E-state index in [1.807, 2.05) is 0 Å². The van der Waals surface area contributed by atoms with Gasteiger partial charge in [-0.15, -0.1) is 0 Å². The van der Waals surface area contributed by atoms with Gasteiger partial charge in [0, 0.05) is 40.6 Å². The van der Waals surface area contributed by atoms with Gasteiger partial charge in [-0.05, 0) is 57.0 Å². The zero-order valence-electron chi connectivity index (χ0n) is 19.7. The Labute approximate surface area is 211 Å². The molecule has 0 saturated heterocycles. The topological polar surface area (TPSA) is 76.7 Å². The highest BCUT2D eigenvalue weighted by Crippen LogP contribution is 2.49. The van der Waals surface area contributed by atoms with Crippen LogP contribution in [0.4, 0.5) is 18.9 Å². The fourth-order valence-electron chi connectivity index (χ4n) is 4.54. The summed E-state index contributed by atoms with van der Waals surface area (Å²) < 4.78 is 49.1. The van der Waals surface area contributed by atoms with Gasteiger partial charge in [0.2, 0.25) is 5.92 Å². The second-order valence-electron chi connectivity index (χ2n) is 9.07. The van der Waals surface area contributed by atoms with Crippen molar-refractivity contribution in [3.8, 4) is 0 Å². The van der Waals surface area contributed by atoms with Crippen molar-refractivity contribution in [2.45, 2.75) is 63.0 Å². The number of nitrogens with one attached hydrogen (secondary N) is 1. The second kappa shape index (κ2) is 10.4. The van der Waals surface area contributed by atoms with Gasteiger partial charge in [0.25, 0.3) is 11.9 Å². The molecule has 188 valence electrons. The molecule has 1 saturated carbocycles. The number of amides is 1. The van der Waals surface area contributed by atoms with Crippen LogP contribution in [0.3, 0.4) is 0 Å². The minimum absolute atomic E-state index is 0.0924. The van der Waals surface area contributed by atoms with Gasteiger partial charge in [-0.2, -0.15) is 0 Å². The minimum Gasteiger partial charge on any atom is -0.459 e. The fraction of sp³-hybridized carbons (Fsp3) is 0.385. The van der Waals surface area contributed by atoms with Gasteiger partial charge in [0.15, 0.2) is 0 Å². The van der Waals surface area contributed by atoms with Crippen molar-refractivity contribution in [1.29, 1.82) is 0 Å². The van der Waals surface area contributed by atoms with Crippen molar-refractivity contribution in [2.75, 3.05) is 5.32 Å². The number of halogens is 4. The molecule has 9 heteroatoms. The van der Waals surface area contributed by atoms with E-state index in [1.165, 1.54) is 18.2 Å². The van der Waals surface area contributed by atoms with Crippen molar-refractivity contribution in [3.63, 3.8) is 0 Å². The van der Waals surface area contributed by atoms with E-state index in [1.54, 1.807) is 44.2 Å². The molecule has 1 aliphatic heterocycles. The molecule has 1 unspecified atom stereocenters. The molecule has 3 N–H and O–H groups in total. The number of carbonyl (C=O) groups is 1. The van der Waals surface area contributed by atoms with Crippen molar-refractivity contribution in [1.82, 2.24) is 0 Å². The maximum atomic E-state index is 15.0. The first-order valence-electron chi connectivity index (χ1n) is 11.3. The summed E-state index contributed by atoms with van der Waals surface area (Å²) in [6.45, 7) is 7.13. The second-order valence-corrected chi connectivity index (χ2v) is 9.98. The van der Waals surface area contributed by atoms with Crippen LogP contribution in [0.25, 0.3) is 0 Å². The van der Waals surface area contributed by atoms with Crippen LogP contribution in [-0.2, 0) is 15.1 Å². The first-order valence-corrected chi connectivity index (χ1v) is 12.1. The molecular formula is C26H29BrF3N3O2. The molecule has 2 aliphatic rings. The van der Waals surface area contributed by atoms with Gasteiger partial charge >= 0.3 is 0 Å². The summed E-state index contributed by atoms with van der Waals surface area (Å²) in [7, 11) is 0. The molecule has 1 aromatic carbocycles. The lowest BCUT2D eigenvalue weighted by atomic mass is 9.72.